The van der Waals surface area contributed by atoms with Gasteiger partial charge in [-0.3, -0.25) is 0 Å². The number of ether oxygens (including phenoxy) is 2. The van der Waals surface area contributed by atoms with Crippen LogP contribution in [-0.4, -0.2) is 35.7 Å². The summed E-state index contributed by atoms with van der Waals surface area (Å²) < 4.78 is 10.3. The predicted molar refractivity (Wildman–Crippen MR) is 56.4 cm³/mol. The summed E-state index contributed by atoms with van der Waals surface area (Å²) in [5.74, 6) is 0. The standard InChI is InChI=1S/C9H16N2O2S/c1-6-5-10-9(11-6)14-7(2)8(12-3)13-4/h5,7-8H,1-4H3,(H,10,11). The molecule has 1 aromatic rings. The Hall–Kier alpha value is -0.520. The van der Waals surface area contributed by atoms with Crippen molar-refractivity contribution in [3.05, 3.63) is 11.9 Å². The van der Waals surface area contributed by atoms with Crippen molar-refractivity contribution >= 4 is 11.8 Å². The van der Waals surface area contributed by atoms with Gasteiger partial charge in [-0.15, -0.1) is 0 Å². The number of hydrogen-bond acceptors (Lipinski definition) is 4. The minimum atomic E-state index is -0.203. The number of hydrogen-bond donors (Lipinski definition) is 1. The highest BCUT2D eigenvalue weighted by Gasteiger charge is 2.18. The number of methoxy groups -OCH3 is 2. The zero-order valence-electron chi connectivity index (χ0n) is 8.90. The molecule has 0 aromatic carbocycles. The van der Waals surface area contributed by atoms with Gasteiger partial charge >= 0.3 is 0 Å². The summed E-state index contributed by atoms with van der Waals surface area (Å²) in [6, 6.07) is 0. The average Bonchev–Trinajstić information content (AvgIpc) is 2.53. The molecule has 1 rings (SSSR count). The Labute approximate surface area is 88.4 Å². The molecule has 0 aliphatic rings. The molecule has 1 heterocycles. The minimum Gasteiger partial charge on any atom is -0.355 e. The number of imidazole rings is 1. The zero-order chi connectivity index (χ0) is 10.6. The molecule has 0 aliphatic carbocycles. The Balaban J connectivity index is 2.51. The second-order valence-electron chi connectivity index (χ2n) is 3.03. The van der Waals surface area contributed by atoms with E-state index < -0.39 is 0 Å². The van der Waals surface area contributed by atoms with Crippen LogP contribution in [0.15, 0.2) is 11.4 Å². The third-order valence-corrected chi connectivity index (χ3v) is 2.85. The van der Waals surface area contributed by atoms with Gasteiger partial charge in [0.2, 0.25) is 0 Å². The van der Waals surface area contributed by atoms with Crippen molar-refractivity contribution in [3.8, 4) is 0 Å². The maximum absolute atomic E-state index is 5.16. The molecule has 0 saturated heterocycles. The summed E-state index contributed by atoms with van der Waals surface area (Å²) in [6.45, 7) is 4.02. The van der Waals surface area contributed by atoms with E-state index in [4.69, 9.17) is 9.47 Å². The Morgan fingerprint density at radius 2 is 2.07 bits per heavy atom. The second-order valence-corrected chi connectivity index (χ2v) is 4.40. The van der Waals surface area contributed by atoms with Crippen LogP contribution >= 0.6 is 11.8 Å². The summed E-state index contributed by atoms with van der Waals surface area (Å²) in [5.41, 5.74) is 1.06. The Morgan fingerprint density at radius 1 is 1.43 bits per heavy atom. The van der Waals surface area contributed by atoms with Crippen molar-refractivity contribution in [2.45, 2.75) is 30.5 Å². The number of nitrogens with zero attached hydrogens (tertiary/aromatic N) is 1. The van der Waals surface area contributed by atoms with E-state index >= 15 is 0 Å². The highest BCUT2D eigenvalue weighted by Crippen LogP contribution is 2.23. The molecule has 0 bridgehead atoms. The van der Waals surface area contributed by atoms with Gasteiger partial charge in [-0.1, -0.05) is 11.8 Å². The molecule has 0 radical (unpaired) electrons. The third kappa shape index (κ3) is 3.01. The lowest BCUT2D eigenvalue weighted by Crippen LogP contribution is -2.24. The fourth-order valence-corrected chi connectivity index (χ4v) is 2.18. The molecule has 5 heteroatoms. The van der Waals surface area contributed by atoms with Gasteiger partial charge in [0.15, 0.2) is 11.4 Å². The van der Waals surface area contributed by atoms with Crippen molar-refractivity contribution in [2.24, 2.45) is 0 Å². The summed E-state index contributed by atoms with van der Waals surface area (Å²) in [4.78, 5) is 7.35. The number of thioether (sulfide) groups is 1. The zero-order valence-corrected chi connectivity index (χ0v) is 9.72. The van der Waals surface area contributed by atoms with E-state index in [1.54, 1.807) is 26.0 Å². The maximum Gasteiger partial charge on any atom is 0.168 e. The molecular weight excluding hydrogens is 200 g/mol. The van der Waals surface area contributed by atoms with Crippen LogP contribution in [0.4, 0.5) is 0 Å². The summed E-state index contributed by atoms with van der Waals surface area (Å²) in [7, 11) is 3.28. The van der Waals surface area contributed by atoms with Crippen molar-refractivity contribution < 1.29 is 9.47 Å². The first-order valence-electron chi connectivity index (χ1n) is 4.41. The first-order valence-corrected chi connectivity index (χ1v) is 5.29. The van der Waals surface area contributed by atoms with E-state index in [2.05, 4.69) is 9.97 Å². The molecule has 0 fully saturated rings. The number of H-pyrrole nitrogens is 1. The summed E-state index contributed by atoms with van der Waals surface area (Å²) >= 11 is 1.60. The Morgan fingerprint density at radius 3 is 2.50 bits per heavy atom. The van der Waals surface area contributed by atoms with Crippen LogP contribution in [0.2, 0.25) is 0 Å². The van der Waals surface area contributed by atoms with Gasteiger partial charge in [-0.05, 0) is 13.8 Å². The predicted octanol–water partition coefficient (Wildman–Crippen LogP) is 1.82. The fraction of sp³-hybridized carbons (Fsp3) is 0.667. The number of aromatic amines is 1. The number of nitrogens with one attached hydrogen (secondary N) is 1. The molecule has 0 spiro atoms. The Kier molecular flexibility index (Phi) is 4.44. The van der Waals surface area contributed by atoms with Gasteiger partial charge in [0, 0.05) is 26.1 Å². The van der Waals surface area contributed by atoms with Crippen LogP contribution < -0.4 is 0 Å². The van der Waals surface area contributed by atoms with Crippen LogP contribution in [0.3, 0.4) is 0 Å². The molecule has 0 amide bonds. The maximum atomic E-state index is 5.16. The van der Waals surface area contributed by atoms with Gasteiger partial charge in [0.25, 0.3) is 0 Å². The van der Waals surface area contributed by atoms with Gasteiger partial charge in [-0.2, -0.15) is 0 Å². The van der Waals surface area contributed by atoms with Crippen LogP contribution in [0.5, 0.6) is 0 Å². The molecule has 1 atom stereocenters. The van der Waals surface area contributed by atoms with Crippen molar-refractivity contribution in [1.82, 2.24) is 9.97 Å². The second kappa shape index (κ2) is 5.38. The fourth-order valence-electron chi connectivity index (χ4n) is 1.16. The SMILES string of the molecule is COC(OC)C(C)Sc1ncc(C)[nH]1. The third-order valence-electron chi connectivity index (χ3n) is 1.82. The first-order chi connectivity index (χ1) is 6.67. The first kappa shape index (κ1) is 11.6. The van der Waals surface area contributed by atoms with Gasteiger partial charge in [0.05, 0.1) is 5.25 Å². The van der Waals surface area contributed by atoms with E-state index in [0.717, 1.165) is 10.9 Å². The molecule has 1 N–H and O–H groups in total. The molecule has 0 saturated carbocycles. The quantitative estimate of drug-likeness (QED) is 0.602. The molecule has 1 aromatic heterocycles. The largest absolute Gasteiger partial charge is 0.355 e. The van der Waals surface area contributed by atoms with Crippen molar-refractivity contribution in [3.63, 3.8) is 0 Å². The topological polar surface area (TPSA) is 47.1 Å². The van der Waals surface area contributed by atoms with E-state index in [1.165, 1.54) is 0 Å². The minimum absolute atomic E-state index is 0.203. The Bertz CT molecular complexity index is 274. The normalized spacial score (nSPS) is 13.5. The van der Waals surface area contributed by atoms with E-state index in [1.807, 2.05) is 20.0 Å². The average molecular weight is 216 g/mol. The smallest absolute Gasteiger partial charge is 0.168 e. The molecule has 80 valence electrons. The number of aryl methyl sites for hydroxylation is 1. The van der Waals surface area contributed by atoms with Gasteiger partial charge in [-0.25, -0.2) is 4.98 Å². The van der Waals surface area contributed by atoms with Crippen LogP contribution in [0, 0.1) is 6.92 Å². The van der Waals surface area contributed by atoms with E-state index in [-0.39, 0.29) is 11.5 Å². The van der Waals surface area contributed by atoms with Crippen LogP contribution in [0.1, 0.15) is 12.6 Å². The highest BCUT2D eigenvalue weighted by molar-refractivity contribution is 7.99. The van der Waals surface area contributed by atoms with Gasteiger partial charge in [0.1, 0.15) is 0 Å². The summed E-state index contributed by atoms with van der Waals surface area (Å²) in [6.07, 6.45) is 1.61. The molecular formula is C9H16N2O2S. The van der Waals surface area contributed by atoms with E-state index in [9.17, 15) is 0 Å². The lowest BCUT2D eigenvalue weighted by atomic mass is 10.5. The van der Waals surface area contributed by atoms with Crippen molar-refractivity contribution in [1.29, 1.82) is 0 Å². The van der Waals surface area contributed by atoms with Crippen LogP contribution in [0.25, 0.3) is 0 Å². The van der Waals surface area contributed by atoms with E-state index in [0.29, 0.717) is 0 Å². The number of rotatable bonds is 5. The van der Waals surface area contributed by atoms with Crippen molar-refractivity contribution in [2.75, 3.05) is 14.2 Å². The molecule has 14 heavy (non-hydrogen) atoms. The summed E-state index contributed by atoms with van der Waals surface area (Å²) in [5, 5.41) is 1.10. The van der Waals surface area contributed by atoms with Gasteiger partial charge < -0.3 is 14.5 Å². The lowest BCUT2D eigenvalue weighted by molar-refractivity contribution is -0.0988. The monoisotopic (exact) mass is 216 g/mol. The highest BCUT2D eigenvalue weighted by atomic mass is 32.2. The molecule has 1 unspecified atom stereocenters. The molecule has 0 aliphatic heterocycles. The molecule has 4 nitrogen and oxygen atoms in total. The van der Waals surface area contributed by atoms with Crippen LogP contribution in [-0.2, 0) is 9.47 Å². The number of aromatic nitrogens is 2. The lowest BCUT2D eigenvalue weighted by Gasteiger charge is -2.19.